The zero-order valence-electron chi connectivity index (χ0n) is 17.9. The van der Waals surface area contributed by atoms with Gasteiger partial charge in [0.25, 0.3) is 11.8 Å². The van der Waals surface area contributed by atoms with E-state index in [-0.39, 0.29) is 5.91 Å². The van der Waals surface area contributed by atoms with Crippen LogP contribution in [0.15, 0.2) is 42.7 Å². The number of anilines is 2. The Morgan fingerprint density at radius 2 is 1.84 bits per heavy atom. The van der Waals surface area contributed by atoms with Gasteiger partial charge in [0, 0.05) is 24.8 Å². The standard InChI is InChI=1S/C23H23N5O4/c1-30-20-11-15(12-25-22(20)31-2)18-5-4-17-19(26-18)14-28(23(17)29)16-3-6-21(24-13-16)27-7-9-32-10-8-27/h3-6,11-13H,7-10,14H2,1-2H3. The van der Waals surface area contributed by atoms with Crippen LogP contribution >= 0.6 is 0 Å². The summed E-state index contributed by atoms with van der Waals surface area (Å²) in [7, 11) is 3.11. The fraction of sp³-hybridized carbons (Fsp3) is 0.304. The quantitative estimate of drug-likeness (QED) is 0.607. The maximum atomic E-state index is 13.0. The SMILES string of the molecule is COc1cc(-c2ccc3c(n2)CN(c2ccc(N4CCOCC4)nc2)C3=O)cnc1OC. The number of hydrogen-bond acceptors (Lipinski definition) is 8. The van der Waals surface area contributed by atoms with E-state index in [1.807, 2.05) is 30.3 Å². The Bertz CT molecular complexity index is 1150. The average Bonchev–Trinajstić information content (AvgIpc) is 3.20. The van der Waals surface area contributed by atoms with Crippen molar-refractivity contribution in [3.05, 3.63) is 54.0 Å². The number of hydrogen-bond donors (Lipinski definition) is 0. The first kappa shape index (κ1) is 20.2. The molecule has 1 amide bonds. The van der Waals surface area contributed by atoms with Crippen molar-refractivity contribution in [3.8, 4) is 22.9 Å². The fourth-order valence-electron chi connectivity index (χ4n) is 3.94. The lowest BCUT2D eigenvalue weighted by molar-refractivity contribution is 0.0996. The number of ether oxygens (including phenoxy) is 3. The number of carbonyl (C=O) groups excluding carboxylic acids is 1. The van der Waals surface area contributed by atoms with Gasteiger partial charge in [-0.1, -0.05) is 0 Å². The molecule has 32 heavy (non-hydrogen) atoms. The van der Waals surface area contributed by atoms with Crippen LogP contribution in [0.25, 0.3) is 11.3 Å². The van der Waals surface area contributed by atoms with Crippen molar-refractivity contribution in [3.63, 3.8) is 0 Å². The zero-order chi connectivity index (χ0) is 22.1. The number of nitrogens with zero attached hydrogens (tertiary/aromatic N) is 5. The molecular formula is C23H23N5O4. The summed E-state index contributed by atoms with van der Waals surface area (Å²) in [5, 5.41) is 0. The third-order valence-corrected chi connectivity index (χ3v) is 5.66. The van der Waals surface area contributed by atoms with Crippen LogP contribution < -0.4 is 19.3 Å². The first-order valence-electron chi connectivity index (χ1n) is 10.4. The van der Waals surface area contributed by atoms with E-state index in [0.29, 0.717) is 42.6 Å². The molecular weight excluding hydrogens is 410 g/mol. The molecule has 3 aromatic rings. The van der Waals surface area contributed by atoms with Crippen LogP contribution in [0.4, 0.5) is 11.5 Å². The number of pyridine rings is 3. The van der Waals surface area contributed by atoms with E-state index in [1.165, 1.54) is 0 Å². The molecule has 0 radical (unpaired) electrons. The van der Waals surface area contributed by atoms with E-state index >= 15 is 0 Å². The number of aromatic nitrogens is 3. The third kappa shape index (κ3) is 3.60. The Morgan fingerprint density at radius 3 is 2.56 bits per heavy atom. The molecule has 2 aliphatic rings. The molecule has 5 rings (SSSR count). The molecule has 3 aromatic heterocycles. The minimum Gasteiger partial charge on any atom is -0.491 e. The predicted octanol–water partition coefficient (Wildman–Crippen LogP) is 2.55. The number of fused-ring (bicyclic) bond motifs is 1. The Labute approximate surface area is 185 Å². The van der Waals surface area contributed by atoms with Gasteiger partial charge in [-0.2, -0.15) is 0 Å². The molecule has 0 aromatic carbocycles. The molecule has 0 atom stereocenters. The molecule has 0 bridgehead atoms. The summed E-state index contributed by atoms with van der Waals surface area (Å²) in [6, 6.07) is 9.34. The second-order valence-electron chi connectivity index (χ2n) is 7.49. The second-order valence-corrected chi connectivity index (χ2v) is 7.49. The smallest absolute Gasteiger partial charge is 0.260 e. The van der Waals surface area contributed by atoms with Gasteiger partial charge in [0.1, 0.15) is 5.82 Å². The first-order chi connectivity index (χ1) is 15.7. The zero-order valence-corrected chi connectivity index (χ0v) is 17.9. The Morgan fingerprint density at radius 1 is 1.00 bits per heavy atom. The molecule has 9 nitrogen and oxygen atoms in total. The monoisotopic (exact) mass is 433 g/mol. The van der Waals surface area contributed by atoms with Gasteiger partial charge in [-0.05, 0) is 30.3 Å². The van der Waals surface area contributed by atoms with Gasteiger partial charge in [0.15, 0.2) is 5.75 Å². The normalized spacial score (nSPS) is 15.6. The van der Waals surface area contributed by atoms with Crippen LogP contribution in [0.2, 0.25) is 0 Å². The van der Waals surface area contributed by atoms with Gasteiger partial charge < -0.3 is 24.0 Å². The van der Waals surface area contributed by atoms with Crippen molar-refractivity contribution in [2.24, 2.45) is 0 Å². The van der Waals surface area contributed by atoms with Crippen LogP contribution in [-0.4, -0.2) is 61.4 Å². The van der Waals surface area contributed by atoms with Crippen molar-refractivity contribution >= 4 is 17.4 Å². The second kappa shape index (κ2) is 8.43. The summed E-state index contributed by atoms with van der Waals surface area (Å²) in [6.07, 6.45) is 3.42. The van der Waals surface area contributed by atoms with E-state index in [1.54, 1.807) is 31.5 Å². The van der Waals surface area contributed by atoms with Crippen LogP contribution in [0, 0.1) is 0 Å². The highest BCUT2D eigenvalue weighted by atomic mass is 16.5. The molecule has 164 valence electrons. The van der Waals surface area contributed by atoms with Gasteiger partial charge in [0.05, 0.1) is 62.8 Å². The molecule has 5 heterocycles. The summed E-state index contributed by atoms with van der Waals surface area (Å²) in [5.41, 5.74) is 3.57. The van der Waals surface area contributed by atoms with Crippen LogP contribution in [0.1, 0.15) is 16.1 Å². The molecule has 2 aliphatic heterocycles. The average molecular weight is 433 g/mol. The van der Waals surface area contributed by atoms with Gasteiger partial charge in [-0.25, -0.2) is 9.97 Å². The molecule has 0 saturated carbocycles. The lowest BCUT2D eigenvalue weighted by Crippen LogP contribution is -2.36. The number of amides is 1. The van der Waals surface area contributed by atoms with Gasteiger partial charge in [0.2, 0.25) is 0 Å². The van der Waals surface area contributed by atoms with Crippen molar-refractivity contribution in [1.29, 1.82) is 0 Å². The third-order valence-electron chi connectivity index (χ3n) is 5.66. The topological polar surface area (TPSA) is 89.9 Å². The number of morpholine rings is 1. The highest BCUT2D eigenvalue weighted by molar-refractivity contribution is 6.09. The molecule has 9 heteroatoms. The van der Waals surface area contributed by atoms with E-state index in [4.69, 9.17) is 19.2 Å². The minimum absolute atomic E-state index is 0.0783. The number of rotatable bonds is 5. The number of carbonyl (C=O) groups is 1. The minimum atomic E-state index is -0.0783. The Balaban J connectivity index is 1.38. The molecule has 0 aliphatic carbocycles. The molecule has 0 spiro atoms. The van der Waals surface area contributed by atoms with Crippen molar-refractivity contribution in [1.82, 2.24) is 15.0 Å². The maximum Gasteiger partial charge on any atom is 0.260 e. The lowest BCUT2D eigenvalue weighted by atomic mass is 10.1. The van der Waals surface area contributed by atoms with Crippen LogP contribution in [-0.2, 0) is 11.3 Å². The predicted molar refractivity (Wildman–Crippen MR) is 118 cm³/mol. The maximum absolute atomic E-state index is 13.0. The van der Waals surface area contributed by atoms with Crippen molar-refractivity contribution in [2.75, 3.05) is 50.3 Å². The summed E-state index contributed by atoms with van der Waals surface area (Å²) in [5.74, 6) is 1.75. The van der Waals surface area contributed by atoms with E-state index in [2.05, 4.69) is 14.9 Å². The molecule has 0 N–H and O–H groups in total. The summed E-state index contributed by atoms with van der Waals surface area (Å²) >= 11 is 0. The van der Waals surface area contributed by atoms with Gasteiger partial charge in [-0.15, -0.1) is 0 Å². The lowest BCUT2D eigenvalue weighted by Gasteiger charge is -2.28. The molecule has 1 fully saturated rings. The van der Waals surface area contributed by atoms with E-state index in [9.17, 15) is 4.79 Å². The molecule has 0 unspecified atom stereocenters. The Hall–Kier alpha value is -3.72. The highest BCUT2D eigenvalue weighted by Gasteiger charge is 2.30. The van der Waals surface area contributed by atoms with Crippen LogP contribution in [0.3, 0.4) is 0 Å². The van der Waals surface area contributed by atoms with E-state index < -0.39 is 0 Å². The molecule has 1 saturated heterocycles. The largest absolute Gasteiger partial charge is 0.491 e. The van der Waals surface area contributed by atoms with Crippen LogP contribution in [0.5, 0.6) is 11.6 Å². The summed E-state index contributed by atoms with van der Waals surface area (Å²) in [4.78, 5) is 30.5. The van der Waals surface area contributed by atoms with Gasteiger partial charge in [-0.3, -0.25) is 9.78 Å². The Kier molecular flexibility index (Phi) is 5.32. The summed E-state index contributed by atoms with van der Waals surface area (Å²) in [6.45, 7) is 3.43. The summed E-state index contributed by atoms with van der Waals surface area (Å²) < 4.78 is 15.9. The first-order valence-corrected chi connectivity index (χ1v) is 10.4. The van der Waals surface area contributed by atoms with Crippen molar-refractivity contribution in [2.45, 2.75) is 6.54 Å². The highest BCUT2D eigenvalue weighted by Crippen LogP contribution is 2.32. The number of methoxy groups -OCH3 is 2. The van der Waals surface area contributed by atoms with E-state index in [0.717, 1.165) is 35.9 Å². The fourth-order valence-corrected chi connectivity index (χ4v) is 3.94. The van der Waals surface area contributed by atoms with Gasteiger partial charge >= 0.3 is 0 Å². The van der Waals surface area contributed by atoms with Crippen molar-refractivity contribution < 1.29 is 19.0 Å².